The highest BCUT2D eigenvalue weighted by atomic mass is 79.9. The summed E-state index contributed by atoms with van der Waals surface area (Å²) in [6, 6.07) is 16.2. The molecule has 1 atom stereocenters. The van der Waals surface area contributed by atoms with Gasteiger partial charge in [0.1, 0.15) is 0 Å². The average molecular weight is 354 g/mol. The fraction of sp³-hybridized carbons (Fsp3) is 0.294. The normalized spacial score (nSPS) is 14.0. The number of rotatable bonds is 5. The van der Waals surface area contributed by atoms with Gasteiger partial charge in [0.15, 0.2) is 0 Å². The molecule has 2 aromatic carbocycles. The zero-order valence-corrected chi connectivity index (χ0v) is 13.8. The van der Waals surface area contributed by atoms with Gasteiger partial charge in [-0.05, 0) is 42.5 Å². The maximum absolute atomic E-state index is 10.5. The topological polar surface area (TPSA) is 20.2 Å². The van der Waals surface area contributed by atoms with Crippen molar-refractivity contribution in [2.24, 2.45) is 0 Å². The quantitative estimate of drug-likeness (QED) is 0.719. The lowest BCUT2D eigenvalue weighted by Crippen LogP contribution is -2.21. The minimum atomic E-state index is -0.818. The first kappa shape index (κ1) is 15.6. The molecule has 106 valence electrons. The summed E-state index contributed by atoms with van der Waals surface area (Å²) in [5.41, 5.74) is 2.40. The second-order valence-corrected chi connectivity index (χ2v) is 6.36. The van der Waals surface area contributed by atoms with Crippen LogP contribution in [0.15, 0.2) is 53.0 Å². The minimum Gasteiger partial charge on any atom is -0.385 e. The van der Waals surface area contributed by atoms with E-state index in [0.717, 1.165) is 27.6 Å². The highest BCUT2D eigenvalue weighted by Crippen LogP contribution is 2.31. The summed E-state index contributed by atoms with van der Waals surface area (Å²) in [4.78, 5) is 0. The van der Waals surface area contributed by atoms with Crippen molar-refractivity contribution in [1.29, 1.82) is 0 Å². The monoisotopic (exact) mass is 352 g/mol. The molecule has 1 nitrogen and oxygen atoms in total. The third-order valence-corrected chi connectivity index (χ3v) is 4.45. The van der Waals surface area contributed by atoms with Crippen LogP contribution in [0.4, 0.5) is 0 Å². The molecule has 0 aliphatic carbocycles. The van der Waals surface area contributed by atoms with E-state index in [1.807, 2.05) is 49.4 Å². The lowest BCUT2D eigenvalue weighted by Gasteiger charge is -2.23. The van der Waals surface area contributed by atoms with E-state index in [1.54, 1.807) is 0 Å². The molecule has 0 amide bonds. The van der Waals surface area contributed by atoms with Crippen molar-refractivity contribution in [2.45, 2.75) is 25.4 Å². The summed E-state index contributed by atoms with van der Waals surface area (Å²) >= 11 is 9.26. The average Bonchev–Trinajstić information content (AvgIpc) is 2.46. The number of benzene rings is 2. The first-order chi connectivity index (χ1) is 9.54. The van der Waals surface area contributed by atoms with Gasteiger partial charge in [-0.3, -0.25) is 0 Å². The second kappa shape index (κ2) is 6.75. The molecule has 0 aliphatic heterocycles. The van der Waals surface area contributed by atoms with Crippen molar-refractivity contribution in [3.05, 3.63) is 58.6 Å². The number of aliphatic hydroxyl groups is 1. The molecule has 3 heteroatoms. The molecule has 0 saturated carbocycles. The zero-order valence-electron chi connectivity index (χ0n) is 11.4. The molecule has 0 aromatic heterocycles. The molecule has 0 radical (unpaired) electrons. The zero-order chi connectivity index (χ0) is 14.6. The van der Waals surface area contributed by atoms with E-state index in [0.29, 0.717) is 12.3 Å². The molecule has 0 heterocycles. The van der Waals surface area contributed by atoms with Crippen LogP contribution in [0.1, 0.15) is 25.3 Å². The van der Waals surface area contributed by atoms with Gasteiger partial charge in [0.05, 0.1) is 5.60 Å². The number of hydrogen-bond acceptors (Lipinski definition) is 1. The lowest BCUT2D eigenvalue weighted by molar-refractivity contribution is 0.0472. The van der Waals surface area contributed by atoms with Gasteiger partial charge in [0.2, 0.25) is 0 Å². The number of halogens is 2. The summed E-state index contributed by atoms with van der Waals surface area (Å²) in [6.45, 7) is 1.84. The molecule has 2 aromatic rings. The number of hydrogen-bond donors (Lipinski definition) is 1. The van der Waals surface area contributed by atoms with Crippen LogP contribution in [-0.4, -0.2) is 11.0 Å². The van der Waals surface area contributed by atoms with Gasteiger partial charge >= 0.3 is 0 Å². The Balaban J connectivity index is 2.24. The fourth-order valence-electron chi connectivity index (χ4n) is 2.26. The Morgan fingerprint density at radius 2 is 1.75 bits per heavy atom. The maximum Gasteiger partial charge on any atom is 0.0869 e. The highest BCUT2D eigenvalue weighted by Gasteiger charge is 2.22. The van der Waals surface area contributed by atoms with Crippen LogP contribution in [0, 0.1) is 0 Å². The lowest BCUT2D eigenvalue weighted by atomic mass is 9.90. The van der Waals surface area contributed by atoms with Gasteiger partial charge in [0.25, 0.3) is 0 Å². The Morgan fingerprint density at radius 1 is 1.10 bits per heavy atom. The summed E-state index contributed by atoms with van der Waals surface area (Å²) < 4.78 is 1.07. The summed E-state index contributed by atoms with van der Waals surface area (Å²) in [7, 11) is 0. The maximum atomic E-state index is 10.5. The van der Waals surface area contributed by atoms with Crippen LogP contribution in [0.2, 0.25) is 0 Å². The van der Waals surface area contributed by atoms with Crippen LogP contribution < -0.4 is 0 Å². The molecule has 2 rings (SSSR count). The van der Waals surface area contributed by atoms with E-state index < -0.39 is 5.60 Å². The predicted octanol–water partition coefficient (Wildman–Crippen LogP) is 5.34. The molecule has 0 fully saturated rings. The number of alkyl halides is 1. The largest absolute Gasteiger partial charge is 0.385 e. The molecule has 1 unspecified atom stereocenters. The first-order valence-corrected chi connectivity index (χ1v) is 8.01. The molecular weight excluding hydrogens is 336 g/mol. The Hall–Kier alpha value is -0.830. The molecule has 0 spiro atoms. The summed E-state index contributed by atoms with van der Waals surface area (Å²) in [5.74, 6) is 0.575. The van der Waals surface area contributed by atoms with Gasteiger partial charge in [-0.25, -0.2) is 0 Å². The SMILES string of the molecule is CC(O)(CCCCl)c1ccc(-c2ccccc2Br)cc1. The predicted molar refractivity (Wildman–Crippen MR) is 89.1 cm³/mol. The summed E-state index contributed by atoms with van der Waals surface area (Å²) in [6.07, 6.45) is 1.48. The van der Waals surface area contributed by atoms with Crippen molar-refractivity contribution < 1.29 is 5.11 Å². The standard InChI is InChI=1S/C17H18BrClO/c1-17(20,11-4-12-19)14-9-7-13(8-10-14)15-5-2-3-6-16(15)18/h2-3,5-10,20H,4,11-12H2,1H3. The van der Waals surface area contributed by atoms with Crippen molar-refractivity contribution >= 4 is 27.5 Å². The highest BCUT2D eigenvalue weighted by molar-refractivity contribution is 9.10. The van der Waals surface area contributed by atoms with E-state index >= 15 is 0 Å². The van der Waals surface area contributed by atoms with Crippen molar-refractivity contribution in [1.82, 2.24) is 0 Å². The van der Waals surface area contributed by atoms with Gasteiger partial charge in [0, 0.05) is 10.4 Å². The Morgan fingerprint density at radius 3 is 2.35 bits per heavy atom. The first-order valence-electron chi connectivity index (χ1n) is 6.68. The minimum absolute atomic E-state index is 0.575. The molecular formula is C17H18BrClO. The van der Waals surface area contributed by atoms with Crippen LogP contribution in [-0.2, 0) is 5.60 Å². The molecule has 20 heavy (non-hydrogen) atoms. The van der Waals surface area contributed by atoms with Crippen LogP contribution in [0.5, 0.6) is 0 Å². The van der Waals surface area contributed by atoms with Crippen LogP contribution in [0.3, 0.4) is 0 Å². The van der Waals surface area contributed by atoms with Crippen molar-refractivity contribution in [3.8, 4) is 11.1 Å². The van der Waals surface area contributed by atoms with E-state index in [4.69, 9.17) is 11.6 Å². The van der Waals surface area contributed by atoms with Crippen LogP contribution >= 0.6 is 27.5 Å². The third-order valence-electron chi connectivity index (χ3n) is 3.49. The Bertz CT molecular complexity index is 563. The Kier molecular flexibility index (Phi) is 5.25. The van der Waals surface area contributed by atoms with Crippen molar-refractivity contribution in [3.63, 3.8) is 0 Å². The second-order valence-electron chi connectivity index (χ2n) is 5.12. The van der Waals surface area contributed by atoms with Crippen molar-refractivity contribution in [2.75, 3.05) is 5.88 Å². The smallest absolute Gasteiger partial charge is 0.0869 e. The van der Waals surface area contributed by atoms with E-state index in [1.165, 1.54) is 0 Å². The molecule has 0 aliphatic rings. The van der Waals surface area contributed by atoms with Gasteiger partial charge in [-0.1, -0.05) is 58.4 Å². The fourth-order valence-corrected chi connectivity index (χ4v) is 2.91. The van der Waals surface area contributed by atoms with Crippen LogP contribution in [0.25, 0.3) is 11.1 Å². The third kappa shape index (κ3) is 3.63. The van der Waals surface area contributed by atoms with E-state index in [-0.39, 0.29) is 0 Å². The molecule has 1 N–H and O–H groups in total. The van der Waals surface area contributed by atoms with Gasteiger partial charge < -0.3 is 5.11 Å². The van der Waals surface area contributed by atoms with E-state index in [9.17, 15) is 5.11 Å². The van der Waals surface area contributed by atoms with Gasteiger partial charge in [-0.2, -0.15) is 0 Å². The Labute approximate surface area is 133 Å². The van der Waals surface area contributed by atoms with E-state index in [2.05, 4.69) is 22.0 Å². The van der Waals surface area contributed by atoms with Gasteiger partial charge in [-0.15, -0.1) is 11.6 Å². The molecule has 0 bridgehead atoms. The summed E-state index contributed by atoms with van der Waals surface area (Å²) in [5, 5.41) is 10.5. The molecule has 0 saturated heterocycles.